The number of benzene rings is 2. The second kappa shape index (κ2) is 6.92. The molecule has 2 aromatic carbocycles. The van der Waals surface area contributed by atoms with Gasteiger partial charge in [-0.05, 0) is 5.56 Å². The van der Waals surface area contributed by atoms with Gasteiger partial charge in [0.15, 0.2) is 17.4 Å². The van der Waals surface area contributed by atoms with Gasteiger partial charge in [-0.1, -0.05) is 30.3 Å². The third-order valence-electron chi connectivity index (χ3n) is 2.95. The van der Waals surface area contributed by atoms with Crippen molar-refractivity contribution >= 4 is 5.78 Å². The fourth-order valence-electron chi connectivity index (χ4n) is 1.86. The molecule has 0 aliphatic rings. The van der Waals surface area contributed by atoms with E-state index in [0.717, 1.165) is 0 Å². The van der Waals surface area contributed by atoms with E-state index in [-0.39, 0.29) is 6.61 Å². The van der Waals surface area contributed by atoms with Gasteiger partial charge in [-0.2, -0.15) is 8.78 Å². The van der Waals surface area contributed by atoms with Crippen molar-refractivity contribution in [3.8, 4) is 5.75 Å². The number of rotatable bonds is 5. The van der Waals surface area contributed by atoms with E-state index < -0.39 is 46.9 Å². The number of carbonyl (C=O) groups excluding carboxylic acids is 1. The third kappa shape index (κ3) is 3.31. The van der Waals surface area contributed by atoms with Crippen LogP contribution in [0.1, 0.15) is 15.9 Å². The highest BCUT2D eigenvalue weighted by atomic mass is 19.2. The molecule has 0 aliphatic heterocycles. The molecule has 118 valence electrons. The third-order valence-corrected chi connectivity index (χ3v) is 2.95. The van der Waals surface area contributed by atoms with Gasteiger partial charge in [-0.15, -0.1) is 0 Å². The van der Waals surface area contributed by atoms with Gasteiger partial charge in [0.1, 0.15) is 12.2 Å². The first kappa shape index (κ1) is 16.5. The summed E-state index contributed by atoms with van der Waals surface area (Å²) in [5.74, 6) is -9.96. The molecule has 0 heterocycles. The van der Waals surface area contributed by atoms with Crippen LogP contribution in [0.15, 0.2) is 30.3 Å². The highest BCUT2D eigenvalue weighted by Crippen LogP contribution is 2.31. The molecule has 0 radical (unpaired) electrons. The maximum Gasteiger partial charge on any atom is 0.276 e. The minimum atomic E-state index is -1.87. The standard InChI is InChI=1S/C16H9F4NO2/c1-21-7-10(22)11-12(17)14(19)16(15(20)13(11)18)23-8-9-5-3-2-4-6-9/h2-6H,7-8H2. The quantitative estimate of drug-likeness (QED) is 0.361. The van der Waals surface area contributed by atoms with Gasteiger partial charge in [0.25, 0.3) is 6.54 Å². The summed E-state index contributed by atoms with van der Waals surface area (Å²) in [6.07, 6.45) is 0. The predicted octanol–water partition coefficient (Wildman–Crippen LogP) is 3.92. The van der Waals surface area contributed by atoms with Crippen molar-refractivity contribution in [3.63, 3.8) is 0 Å². The Morgan fingerprint density at radius 3 is 2.09 bits per heavy atom. The van der Waals surface area contributed by atoms with Crippen LogP contribution in [0.2, 0.25) is 0 Å². The Morgan fingerprint density at radius 2 is 1.57 bits per heavy atom. The second-order valence-corrected chi connectivity index (χ2v) is 4.47. The van der Waals surface area contributed by atoms with Gasteiger partial charge in [0.05, 0.1) is 0 Å². The SMILES string of the molecule is [C-]#[N+]CC(=O)c1c(F)c(F)c(OCc2ccccc2)c(F)c1F. The number of nitrogens with zero attached hydrogens (tertiary/aromatic N) is 1. The van der Waals surface area contributed by atoms with Crippen LogP contribution < -0.4 is 4.74 Å². The lowest BCUT2D eigenvalue weighted by molar-refractivity contribution is 0.0998. The van der Waals surface area contributed by atoms with E-state index in [2.05, 4.69) is 4.85 Å². The summed E-state index contributed by atoms with van der Waals surface area (Å²) >= 11 is 0. The molecule has 0 saturated carbocycles. The molecule has 2 rings (SSSR count). The Bertz CT molecular complexity index is 756. The van der Waals surface area contributed by atoms with E-state index in [4.69, 9.17) is 11.3 Å². The number of hydrogen-bond donors (Lipinski definition) is 0. The van der Waals surface area contributed by atoms with E-state index in [1.54, 1.807) is 30.3 Å². The molecule has 0 aliphatic carbocycles. The van der Waals surface area contributed by atoms with Crippen molar-refractivity contribution < 1.29 is 27.1 Å². The van der Waals surface area contributed by atoms with Crippen LogP contribution in [-0.4, -0.2) is 12.3 Å². The highest BCUT2D eigenvalue weighted by molar-refractivity contribution is 5.99. The molecule has 2 aromatic rings. The van der Waals surface area contributed by atoms with Crippen molar-refractivity contribution in [2.45, 2.75) is 6.61 Å². The average molecular weight is 323 g/mol. The van der Waals surface area contributed by atoms with E-state index in [9.17, 15) is 22.4 Å². The fraction of sp³-hybridized carbons (Fsp3) is 0.125. The van der Waals surface area contributed by atoms with Gasteiger partial charge >= 0.3 is 0 Å². The minimum absolute atomic E-state index is 0.317. The van der Waals surface area contributed by atoms with Crippen LogP contribution in [0, 0.1) is 29.8 Å². The van der Waals surface area contributed by atoms with Gasteiger partial charge in [-0.25, -0.2) is 15.4 Å². The monoisotopic (exact) mass is 323 g/mol. The molecule has 0 N–H and O–H groups in total. The van der Waals surface area contributed by atoms with Gasteiger partial charge < -0.3 is 9.58 Å². The number of carbonyl (C=O) groups is 1. The Kier molecular flexibility index (Phi) is 4.96. The second-order valence-electron chi connectivity index (χ2n) is 4.47. The van der Waals surface area contributed by atoms with Crippen LogP contribution in [0.25, 0.3) is 4.85 Å². The first-order valence-corrected chi connectivity index (χ1v) is 6.36. The van der Waals surface area contributed by atoms with Gasteiger partial charge in [0, 0.05) is 0 Å². The number of hydrogen-bond acceptors (Lipinski definition) is 2. The summed E-state index contributed by atoms with van der Waals surface area (Å²) < 4.78 is 60.2. The van der Waals surface area contributed by atoms with Crippen LogP contribution in [-0.2, 0) is 6.61 Å². The largest absolute Gasteiger partial charge is 0.483 e. The van der Waals surface area contributed by atoms with Crippen LogP contribution >= 0.6 is 0 Å². The van der Waals surface area contributed by atoms with Crippen molar-refractivity contribution in [1.29, 1.82) is 0 Å². The molecule has 0 spiro atoms. The Balaban J connectivity index is 2.39. The maximum atomic E-state index is 13.9. The van der Waals surface area contributed by atoms with Gasteiger partial charge in [0.2, 0.25) is 17.4 Å². The summed E-state index contributed by atoms with van der Waals surface area (Å²) in [4.78, 5) is 14.1. The van der Waals surface area contributed by atoms with E-state index >= 15 is 0 Å². The molecule has 0 fully saturated rings. The fourth-order valence-corrected chi connectivity index (χ4v) is 1.86. The van der Waals surface area contributed by atoms with Crippen LogP contribution in [0.5, 0.6) is 5.75 Å². The summed E-state index contributed by atoms with van der Waals surface area (Å²) in [5.41, 5.74) is -0.886. The van der Waals surface area contributed by atoms with E-state index in [1.165, 1.54) is 0 Å². The normalized spacial score (nSPS) is 10.2. The summed E-state index contributed by atoms with van der Waals surface area (Å²) in [6.45, 7) is 5.24. The molecule has 23 heavy (non-hydrogen) atoms. The van der Waals surface area contributed by atoms with Crippen molar-refractivity contribution in [1.82, 2.24) is 0 Å². The Hall–Kier alpha value is -2.88. The predicted molar refractivity (Wildman–Crippen MR) is 72.8 cm³/mol. The molecular formula is C16H9F4NO2. The van der Waals surface area contributed by atoms with Crippen LogP contribution in [0.4, 0.5) is 17.6 Å². The molecule has 3 nitrogen and oxygen atoms in total. The van der Waals surface area contributed by atoms with Gasteiger partial charge in [-0.3, -0.25) is 4.79 Å². The topological polar surface area (TPSA) is 30.7 Å². The maximum absolute atomic E-state index is 13.9. The Labute approximate surface area is 128 Å². The summed E-state index contributed by atoms with van der Waals surface area (Å²) in [7, 11) is 0. The molecule has 0 atom stereocenters. The average Bonchev–Trinajstić information content (AvgIpc) is 2.54. The molecule has 0 bridgehead atoms. The molecule has 0 saturated heterocycles. The first-order chi connectivity index (χ1) is 11.0. The molecule has 0 unspecified atom stereocenters. The lowest BCUT2D eigenvalue weighted by Crippen LogP contribution is -2.14. The highest BCUT2D eigenvalue weighted by Gasteiger charge is 2.31. The number of ketones is 1. The molecular weight excluding hydrogens is 314 g/mol. The van der Waals surface area contributed by atoms with E-state index in [1.807, 2.05) is 0 Å². The van der Waals surface area contributed by atoms with Crippen molar-refractivity contribution in [3.05, 3.63) is 76.1 Å². The van der Waals surface area contributed by atoms with Crippen molar-refractivity contribution in [2.75, 3.05) is 6.54 Å². The number of halogens is 4. The first-order valence-electron chi connectivity index (χ1n) is 6.36. The lowest BCUT2D eigenvalue weighted by atomic mass is 10.1. The smallest absolute Gasteiger partial charge is 0.276 e. The zero-order valence-electron chi connectivity index (χ0n) is 11.6. The molecule has 0 aromatic heterocycles. The Morgan fingerprint density at radius 1 is 1.00 bits per heavy atom. The summed E-state index contributed by atoms with van der Waals surface area (Å²) in [6, 6.07) is 8.20. The van der Waals surface area contributed by atoms with Crippen LogP contribution in [0.3, 0.4) is 0 Å². The molecule has 0 amide bonds. The van der Waals surface area contributed by atoms with Crippen molar-refractivity contribution in [2.24, 2.45) is 0 Å². The number of Topliss-reactive ketones (excluding diaryl/α,β-unsaturated/α-hetero) is 1. The lowest BCUT2D eigenvalue weighted by Gasteiger charge is -2.11. The molecule has 7 heteroatoms. The van der Waals surface area contributed by atoms with E-state index in [0.29, 0.717) is 5.56 Å². The summed E-state index contributed by atoms with van der Waals surface area (Å²) in [5, 5.41) is 0. The number of ether oxygens (including phenoxy) is 1. The zero-order chi connectivity index (χ0) is 17.0. The zero-order valence-corrected chi connectivity index (χ0v) is 11.6. The minimum Gasteiger partial charge on any atom is -0.483 e.